The number of carbonyl (C=O) groups is 10. The average molecular weight is 1150 g/mol. The van der Waals surface area contributed by atoms with Crippen LogP contribution in [0.1, 0.15) is 75.4 Å². The number of thioether (sulfide) groups is 1. The number of para-hydroxylation sites is 4. The lowest BCUT2D eigenvalue weighted by atomic mass is 9.97. The Morgan fingerprint density at radius 2 is 1.04 bits per heavy atom. The molecule has 8 amide bonds. The minimum absolute atomic E-state index is 0.206. The van der Waals surface area contributed by atoms with Gasteiger partial charge in [0, 0.05) is 39.0 Å². The lowest BCUT2D eigenvalue weighted by Gasteiger charge is -2.40. The van der Waals surface area contributed by atoms with Crippen LogP contribution in [0.2, 0.25) is 0 Å². The molecule has 0 radical (unpaired) electrons. The molecule has 4 N–H and O–H groups in total. The molecule has 430 valence electrons. The second kappa shape index (κ2) is 27.0. The third-order valence-electron chi connectivity index (χ3n) is 14.4. The van der Waals surface area contributed by atoms with E-state index in [0.717, 1.165) is 31.4 Å². The van der Waals surface area contributed by atoms with Crippen molar-refractivity contribution >= 4 is 104 Å². The van der Waals surface area contributed by atoms with Gasteiger partial charge in [-0.05, 0) is 56.2 Å². The van der Waals surface area contributed by atoms with Crippen LogP contribution < -0.4 is 21.3 Å². The van der Waals surface area contributed by atoms with E-state index in [2.05, 4.69) is 41.2 Å². The van der Waals surface area contributed by atoms with Gasteiger partial charge >= 0.3 is 11.9 Å². The number of fused-ring (bicyclic) bond motifs is 6. The average Bonchev–Trinajstić information content (AvgIpc) is 3.51. The minimum atomic E-state index is -2.39. The molecular weight excluding hydrogens is 1080 g/mol. The maximum absolute atomic E-state index is 15.4. The first-order valence-electron chi connectivity index (χ1n) is 25.9. The fourth-order valence-electron chi connectivity index (χ4n) is 9.27. The van der Waals surface area contributed by atoms with Gasteiger partial charge in [0.2, 0.25) is 35.4 Å². The third-order valence-corrected chi connectivity index (χ3v) is 17.8. The van der Waals surface area contributed by atoms with E-state index in [9.17, 15) is 38.4 Å². The molecule has 0 saturated carbocycles. The van der Waals surface area contributed by atoms with Crippen molar-refractivity contribution in [1.82, 2.24) is 60.8 Å². The summed E-state index contributed by atoms with van der Waals surface area (Å²) >= 11 is 0.883. The molecule has 2 fully saturated rings. The number of cyclic esters (lactones) is 2. The lowest BCUT2D eigenvalue weighted by molar-refractivity contribution is -0.160. The zero-order valence-corrected chi connectivity index (χ0v) is 48.0. The number of amides is 8. The Hall–Kier alpha value is -7.68. The second-order valence-corrected chi connectivity index (χ2v) is 22.7. The minimum Gasteiger partial charge on any atom is -0.461 e. The Morgan fingerprint density at radius 1 is 0.637 bits per heavy atom. The predicted molar refractivity (Wildman–Crippen MR) is 294 cm³/mol. The van der Waals surface area contributed by atoms with Crippen molar-refractivity contribution in [2.75, 3.05) is 53.4 Å². The van der Waals surface area contributed by atoms with Gasteiger partial charge in [0.25, 0.3) is 11.8 Å². The van der Waals surface area contributed by atoms with Crippen LogP contribution in [-0.2, 0) is 58.6 Å². The zero-order chi connectivity index (χ0) is 58.9. The van der Waals surface area contributed by atoms with Gasteiger partial charge in [-0.3, -0.25) is 52.5 Å². The lowest BCUT2D eigenvalue weighted by Crippen LogP contribution is -2.62. The number of hydrogen-bond donors (Lipinski definition) is 4. The first-order valence-corrected chi connectivity index (χ1v) is 28.6. The first kappa shape index (κ1) is 61.5. The summed E-state index contributed by atoms with van der Waals surface area (Å²) in [6.07, 6.45) is 4.43. The number of esters is 2. The molecule has 2 saturated heterocycles. The normalized spacial score (nSPS) is 26.5. The molecule has 4 aromatic rings. The van der Waals surface area contributed by atoms with E-state index in [0.29, 0.717) is 22.1 Å². The molecule has 2 aromatic heterocycles. The maximum atomic E-state index is 15.4. The van der Waals surface area contributed by atoms with E-state index in [1.807, 2.05) is 0 Å². The Bertz CT molecular complexity index is 3060. The Kier molecular flexibility index (Phi) is 20.8. The fraction of sp³-hybridized carbons (Fsp3) is 0.509. The van der Waals surface area contributed by atoms with Gasteiger partial charge in [-0.15, -0.1) is 11.8 Å². The summed E-state index contributed by atoms with van der Waals surface area (Å²) in [5.74, 6) is -11.7. The number of benzene rings is 2. The van der Waals surface area contributed by atoms with E-state index in [-0.39, 0.29) is 24.2 Å². The summed E-state index contributed by atoms with van der Waals surface area (Å²) in [7, 11) is 2.60. The molecule has 25 nitrogen and oxygen atoms in total. The molecule has 6 rings (SSSR count). The number of nitrogens with one attached hydrogen (secondary N) is 4. The molecular formula is C53H68N12O13S2. The van der Waals surface area contributed by atoms with E-state index < -0.39 is 154 Å². The van der Waals surface area contributed by atoms with E-state index >= 15 is 13.8 Å². The van der Waals surface area contributed by atoms with Crippen LogP contribution >= 0.6 is 11.8 Å². The van der Waals surface area contributed by atoms with Crippen molar-refractivity contribution in [3.8, 4) is 0 Å². The molecule has 0 aliphatic carbocycles. The van der Waals surface area contributed by atoms with Crippen LogP contribution in [0.5, 0.6) is 0 Å². The topological polar surface area (TPSA) is 319 Å². The summed E-state index contributed by atoms with van der Waals surface area (Å²) in [6, 6.07) is 0.662. The van der Waals surface area contributed by atoms with E-state index in [1.54, 1.807) is 76.2 Å². The van der Waals surface area contributed by atoms with Gasteiger partial charge in [0.05, 0.1) is 40.2 Å². The quantitative estimate of drug-likeness (QED) is 0.165. The molecule has 27 heteroatoms. The Labute approximate surface area is 469 Å². The molecule has 2 aromatic carbocycles. The number of aromatic nitrogens is 4. The molecule has 2 bridgehead atoms. The number of hydrogen-bond acceptors (Lipinski definition) is 18. The monoisotopic (exact) mass is 1140 g/mol. The standard InChI is InChI=1S/C53H68N12O13S2/c1-12-27(3)40-51(74)77-24-38(61-44(67)36-23-55-32-19-15-17-21-34(32)59-36)46(69)57-30(6)48(71)65(10)42-50(73)64(9)41(28(4)13-2)52(75)78-25-37(60-43(66)35-22-54-31-18-14-16-20-33(31)58-35)45(68)56-29(5)47(70)62(7)39(49(72)63(40)8)26-80(76)53(42)79-11/h14-23,27-30,37-42,53H,12-13,24-26H2,1-11H3,(H,56,68)(H,57,69)(H,60,66)(H,61,67)/t27-,28-,29-,30-,37+,38+,39+,40-,41-,42+,53?,80?/m0/s1. The highest BCUT2D eigenvalue weighted by Gasteiger charge is 2.47. The van der Waals surface area contributed by atoms with Crippen molar-refractivity contribution in [2.24, 2.45) is 11.8 Å². The highest BCUT2D eigenvalue weighted by atomic mass is 32.2. The van der Waals surface area contributed by atoms with E-state index in [1.165, 1.54) is 60.7 Å². The molecule has 0 spiro atoms. The van der Waals surface area contributed by atoms with Crippen LogP contribution in [-0.4, -0.2) is 209 Å². The van der Waals surface area contributed by atoms with Crippen molar-refractivity contribution in [1.29, 1.82) is 0 Å². The van der Waals surface area contributed by atoms with Gasteiger partial charge < -0.3 is 50.3 Å². The highest BCUT2D eigenvalue weighted by Crippen LogP contribution is 2.28. The molecule has 4 heterocycles. The van der Waals surface area contributed by atoms with Gasteiger partial charge in [0.1, 0.15) is 77.5 Å². The smallest absolute Gasteiger partial charge is 0.329 e. The molecule has 2 aliphatic rings. The number of carbonyl (C=O) groups excluding carboxylic acids is 10. The summed E-state index contributed by atoms with van der Waals surface area (Å²) in [4.78, 5) is 167. The Morgan fingerprint density at radius 3 is 1.45 bits per heavy atom. The number of rotatable bonds is 9. The maximum Gasteiger partial charge on any atom is 0.329 e. The summed E-state index contributed by atoms with van der Waals surface area (Å²) in [5, 5.41) is 10.1. The first-order chi connectivity index (χ1) is 37.9. The zero-order valence-electron chi connectivity index (χ0n) is 46.4. The summed E-state index contributed by atoms with van der Waals surface area (Å²) < 4.78 is 25.4. The van der Waals surface area contributed by atoms with Crippen LogP contribution in [0.3, 0.4) is 0 Å². The largest absolute Gasteiger partial charge is 0.461 e. The van der Waals surface area contributed by atoms with Crippen molar-refractivity contribution in [3.05, 3.63) is 72.3 Å². The number of ether oxygens (including phenoxy) is 2. The van der Waals surface area contributed by atoms with Gasteiger partial charge in [-0.1, -0.05) is 64.8 Å². The van der Waals surface area contributed by atoms with Crippen LogP contribution in [0.4, 0.5) is 0 Å². The molecule has 2 aliphatic heterocycles. The third kappa shape index (κ3) is 13.8. The van der Waals surface area contributed by atoms with Gasteiger partial charge in [-0.2, -0.15) is 0 Å². The van der Waals surface area contributed by atoms with Crippen molar-refractivity contribution < 1.29 is 61.6 Å². The van der Waals surface area contributed by atoms with Crippen LogP contribution in [0, 0.1) is 11.8 Å². The van der Waals surface area contributed by atoms with Crippen molar-refractivity contribution in [2.45, 2.75) is 107 Å². The summed E-state index contributed by atoms with van der Waals surface area (Å²) in [6.45, 7) is 7.70. The molecule has 80 heavy (non-hydrogen) atoms. The van der Waals surface area contributed by atoms with E-state index in [4.69, 9.17) is 9.47 Å². The number of nitrogens with zero attached hydrogens (tertiary/aromatic N) is 8. The highest BCUT2D eigenvalue weighted by molar-refractivity contribution is 8.11. The van der Waals surface area contributed by atoms with Gasteiger partial charge in [-0.25, -0.2) is 19.6 Å². The summed E-state index contributed by atoms with van der Waals surface area (Å²) in [5.41, 5.74) is 1.27. The second-order valence-electron chi connectivity index (χ2n) is 19.8. The fourth-order valence-corrected chi connectivity index (χ4v) is 12.4. The van der Waals surface area contributed by atoms with Gasteiger partial charge in [0.15, 0.2) is 0 Å². The molecule has 2 unspecified atom stereocenters. The predicted octanol–water partition coefficient (Wildman–Crippen LogP) is 0.431. The van der Waals surface area contributed by atoms with Crippen molar-refractivity contribution in [3.63, 3.8) is 0 Å². The SMILES string of the molecule is CC[C@H](C)[C@H]1C(=O)OC[C@@H](NC(=O)c2cnc3ccccc3n2)C(=O)N[C@@H](C)C(=O)N(C)[C@@H]2C(=O)N(C)[C@@H]([C@@H](C)CC)C(=O)OC[C@@H](NC(=O)c3cnc4ccccc4n3)C(=O)N[C@@H](C)C(=O)N(C)[C@H](CS(=O)C2SC)C(=O)N1C. The molecule has 12 atom stereocenters. The Balaban J connectivity index is 1.47. The van der Waals surface area contributed by atoms with Crippen LogP contribution in [0.15, 0.2) is 60.9 Å². The number of likely N-dealkylation sites (N-methyl/N-ethyl adjacent to an activating group) is 4. The van der Waals surface area contributed by atoms with Crippen LogP contribution in [0.25, 0.3) is 22.1 Å².